The average Bonchev–Trinajstić information content (AvgIpc) is 3.15. The Morgan fingerprint density at radius 2 is 1.16 bits per heavy atom. The molecule has 5 N–H and O–H groups in total. The second-order valence-electron chi connectivity index (χ2n) is 14.4. The first-order chi connectivity index (χ1) is 26.4. The summed E-state index contributed by atoms with van der Waals surface area (Å²) in [6.07, 6.45) is 6.62. The number of aromatic nitrogens is 5. The Morgan fingerprint density at radius 1 is 0.564 bits per heavy atom. The number of aryl methyl sites for hydroxylation is 9. The molecular formula is C44H63N11. The van der Waals surface area contributed by atoms with Gasteiger partial charge in [0.25, 0.3) is 0 Å². The van der Waals surface area contributed by atoms with E-state index in [1.165, 1.54) is 64.8 Å². The van der Waals surface area contributed by atoms with Crippen LogP contribution in [0.5, 0.6) is 0 Å². The fourth-order valence-electron chi connectivity index (χ4n) is 6.75. The number of fused-ring (bicyclic) bond motifs is 3. The third kappa shape index (κ3) is 13.1. The Morgan fingerprint density at radius 3 is 1.84 bits per heavy atom. The van der Waals surface area contributed by atoms with Gasteiger partial charge in [-0.15, -0.1) is 0 Å². The maximum atomic E-state index is 4.47. The molecule has 0 aromatic carbocycles. The summed E-state index contributed by atoms with van der Waals surface area (Å²) in [6.45, 7) is 20.7. The molecule has 3 aliphatic rings. The molecule has 55 heavy (non-hydrogen) atoms. The Hall–Kier alpha value is -5.45. The molecule has 294 valence electrons. The highest BCUT2D eigenvalue weighted by Crippen LogP contribution is 2.30. The summed E-state index contributed by atoms with van der Waals surface area (Å²) in [5, 5.41) is 15.9. The van der Waals surface area contributed by atoms with Crippen molar-refractivity contribution in [1.29, 1.82) is 0 Å². The highest BCUT2D eigenvalue weighted by atomic mass is 15.2. The molecule has 0 saturated carbocycles. The number of anilines is 6. The van der Waals surface area contributed by atoms with Gasteiger partial charge in [0.1, 0.15) is 29.1 Å². The molecule has 0 saturated heterocycles. The summed E-state index contributed by atoms with van der Waals surface area (Å²) < 4.78 is 0. The second kappa shape index (κ2) is 20.9. The standard InChI is InChI=1S/C10H15N3.C10H14N2.C9H12N2.C8H12N2.C7H10N2/c1-7-6-8(2)12-10-9(7)13(3)5-4-11-10;1-7-6-8(2)12-10-9(7)4-3-5-11-10;1-7-4-5-8-3-2-6-10-9(8)11-7;1-6-4-7(2)10-8(5-6)9-3;1-6-3-4-9-7(5-6)8-2/h6H,4-5H2,1-3H3,(H,11,12);6H,3-5H2,1-2H3,(H,11,12);4-5H,2-3,6H2,1H3,(H,10,11);4-5H,1-3H3,(H,9,10);3-5H,1-2H3,(H,8,9). The number of pyridine rings is 5. The van der Waals surface area contributed by atoms with E-state index >= 15 is 0 Å². The zero-order valence-corrected chi connectivity index (χ0v) is 35.0. The number of likely N-dealkylation sites (N-methyl/N-ethyl adjacent to an activating group) is 1. The predicted octanol–water partition coefficient (Wildman–Crippen LogP) is 8.54. The van der Waals surface area contributed by atoms with Crippen molar-refractivity contribution in [2.45, 2.75) is 81.1 Å². The van der Waals surface area contributed by atoms with E-state index in [0.29, 0.717) is 0 Å². The van der Waals surface area contributed by atoms with Crippen LogP contribution >= 0.6 is 0 Å². The van der Waals surface area contributed by atoms with Gasteiger partial charge < -0.3 is 31.5 Å². The van der Waals surface area contributed by atoms with Gasteiger partial charge in [0.05, 0.1) is 5.69 Å². The van der Waals surface area contributed by atoms with Crippen LogP contribution in [0.3, 0.4) is 0 Å². The molecule has 11 nitrogen and oxygen atoms in total. The first kappa shape index (κ1) is 42.3. The minimum absolute atomic E-state index is 0.926. The van der Waals surface area contributed by atoms with E-state index in [2.05, 4.69) is 115 Å². The maximum absolute atomic E-state index is 4.47. The van der Waals surface area contributed by atoms with Crippen molar-refractivity contribution < 1.29 is 0 Å². The Labute approximate surface area is 329 Å². The van der Waals surface area contributed by atoms with Gasteiger partial charge in [-0.25, -0.2) is 24.9 Å². The maximum Gasteiger partial charge on any atom is 0.150 e. The monoisotopic (exact) mass is 746 g/mol. The molecule has 0 radical (unpaired) electrons. The molecule has 0 amide bonds. The van der Waals surface area contributed by atoms with Crippen LogP contribution in [0.2, 0.25) is 0 Å². The van der Waals surface area contributed by atoms with Crippen molar-refractivity contribution in [2.75, 3.05) is 78.8 Å². The first-order valence-electron chi connectivity index (χ1n) is 19.4. The van der Waals surface area contributed by atoms with E-state index in [1.807, 2.05) is 66.9 Å². The zero-order valence-electron chi connectivity index (χ0n) is 35.0. The van der Waals surface area contributed by atoms with Gasteiger partial charge in [-0.1, -0.05) is 6.07 Å². The molecule has 5 aromatic rings. The summed E-state index contributed by atoms with van der Waals surface area (Å²) in [6, 6.07) is 16.6. The van der Waals surface area contributed by atoms with Crippen molar-refractivity contribution in [2.24, 2.45) is 0 Å². The van der Waals surface area contributed by atoms with Gasteiger partial charge in [0, 0.05) is 76.3 Å². The van der Waals surface area contributed by atoms with Crippen molar-refractivity contribution in [3.63, 3.8) is 0 Å². The molecule has 0 atom stereocenters. The summed E-state index contributed by atoms with van der Waals surface area (Å²) in [4.78, 5) is 23.9. The van der Waals surface area contributed by atoms with E-state index in [-0.39, 0.29) is 0 Å². The van der Waals surface area contributed by atoms with E-state index < -0.39 is 0 Å². The van der Waals surface area contributed by atoms with Crippen molar-refractivity contribution in [3.05, 3.63) is 111 Å². The van der Waals surface area contributed by atoms with Gasteiger partial charge in [0.15, 0.2) is 0 Å². The smallest absolute Gasteiger partial charge is 0.150 e. The Balaban J connectivity index is 0.000000154. The van der Waals surface area contributed by atoms with E-state index in [1.54, 1.807) is 6.20 Å². The van der Waals surface area contributed by atoms with Crippen molar-refractivity contribution in [1.82, 2.24) is 24.9 Å². The van der Waals surface area contributed by atoms with Crippen LogP contribution < -0.4 is 31.5 Å². The Bertz CT molecular complexity index is 1970. The molecule has 0 bridgehead atoms. The van der Waals surface area contributed by atoms with Gasteiger partial charge in [-0.3, -0.25) is 0 Å². The highest BCUT2D eigenvalue weighted by Gasteiger charge is 2.17. The lowest BCUT2D eigenvalue weighted by molar-refractivity contribution is 0.808. The fourth-order valence-corrected chi connectivity index (χ4v) is 6.75. The molecule has 0 fully saturated rings. The molecular weight excluding hydrogens is 683 g/mol. The number of nitrogens with zero attached hydrogens (tertiary/aromatic N) is 6. The lowest BCUT2D eigenvalue weighted by Gasteiger charge is -2.29. The Kier molecular flexibility index (Phi) is 16.0. The van der Waals surface area contributed by atoms with Crippen LogP contribution in [-0.2, 0) is 12.8 Å². The third-order valence-corrected chi connectivity index (χ3v) is 9.36. The number of rotatable bonds is 2. The normalized spacial score (nSPS) is 13.2. The van der Waals surface area contributed by atoms with Gasteiger partial charge >= 0.3 is 0 Å². The van der Waals surface area contributed by atoms with Crippen LogP contribution in [0.4, 0.5) is 34.8 Å². The largest absolute Gasteiger partial charge is 0.373 e. The molecule has 8 rings (SSSR count). The molecule has 11 heteroatoms. The van der Waals surface area contributed by atoms with E-state index in [4.69, 9.17) is 0 Å². The quantitative estimate of drug-likeness (QED) is 0.119. The van der Waals surface area contributed by atoms with Crippen LogP contribution in [0.1, 0.15) is 69.0 Å². The molecule has 3 aliphatic heterocycles. The summed E-state index contributed by atoms with van der Waals surface area (Å²) in [5.74, 6) is 5.11. The summed E-state index contributed by atoms with van der Waals surface area (Å²) in [5.41, 5.74) is 13.5. The fraction of sp³-hybridized carbons (Fsp3) is 0.432. The molecule has 5 aromatic heterocycles. The number of hydrogen-bond acceptors (Lipinski definition) is 11. The van der Waals surface area contributed by atoms with Crippen molar-refractivity contribution in [3.8, 4) is 0 Å². The van der Waals surface area contributed by atoms with Gasteiger partial charge in [0.2, 0.25) is 0 Å². The van der Waals surface area contributed by atoms with Gasteiger partial charge in [-0.2, -0.15) is 0 Å². The first-order valence-corrected chi connectivity index (χ1v) is 19.4. The predicted molar refractivity (Wildman–Crippen MR) is 234 cm³/mol. The molecule has 0 spiro atoms. The van der Waals surface area contributed by atoms with E-state index in [0.717, 1.165) is 78.0 Å². The lowest BCUT2D eigenvalue weighted by Crippen LogP contribution is -2.31. The lowest BCUT2D eigenvalue weighted by atomic mass is 10.0. The van der Waals surface area contributed by atoms with Crippen LogP contribution in [0, 0.1) is 55.4 Å². The molecule has 0 unspecified atom stereocenters. The summed E-state index contributed by atoms with van der Waals surface area (Å²) >= 11 is 0. The van der Waals surface area contributed by atoms with Crippen LogP contribution in [-0.4, -0.2) is 72.2 Å². The summed E-state index contributed by atoms with van der Waals surface area (Å²) in [7, 11) is 5.85. The van der Waals surface area contributed by atoms with E-state index in [9.17, 15) is 0 Å². The molecule has 8 heterocycles. The highest BCUT2D eigenvalue weighted by molar-refractivity contribution is 5.71. The number of hydrogen-bond donors (Lipinski definition) is 5. The average molecular weight is 746 g/mol. The van der Waals surface area contributed by atoms with Crippen molar-refractivity contribution >= 4 is 34.8 Å². The molecule has 0 aliphatic carbocycles. The number of nitrogens with one attached hydrogen (secondary N) is 5. The SMILES string of the molecule is CNc1cc(C)cc(C)n1.CNc1cc(C)ccn1.Cc1cc(C)c2c(n1)NCCC2.Cc1cc(C)c2c(n1)NCCN2C.Cc1ccc2c(n1)NCCC2. The zero-order chi connectivity index (χ0) is 39.9. The second-order valence-corrected chi connectivity index (χ2v) is 14.4. The van der Waals surface area contributed by atoms with Crippen LogP contribution in [0.25, 0.3) is 0 Å². The van der Waals surface area contributed by atoms with Gasteiger partial charge in [-0.05, 0) is 157 Å². The topological polar surface area (TPSA) is 128 Å². The minimum atomic E-state index is 0.926. The third-order valence-electron chi connectivity index (χ3n) is 9.36. The van der Waals surface area contributed by atoms with Crippen LogP contribution in [0.15, 0.2) is 54.7 Å². The minimum Gasteiger partial charge on any atom is -0.373 e.